The fraction of sp³-hybridized carbons (Fsp3) is 0.254. The van der Waals surface area contributed by atoms with Crippen LogP contribution >= 0.6 is 0 Å². The van der Waals surface area contributed by atoms with Crippen LogP contribution in [-0.4, -0.2) is 115 Å². The molecule has 2 fully saturated rings. The Morgan fingerprint density at radius 1 is 0.403 bits per heavy atom. The summed E-state index contributed by atoms with van der Waals surface area (Å²) in [4.78, 5) is 53.1. The molecule has 2 unspecified atom stereocenters. The van der Waals surface area contributed by atoms with Crippen LogP contribution in [0, 0.1) is 13.8 Å². The van der Waals surface area contributed by atoms with Crippen LogP contribution in [0.1, 0.15) is 81.9 Å². The molecule has 6 aromatic rings. The largest absolute Gasteiger partial charge is 0.352 e. The molecule has 72 heavy (non-hydrogen) atoms. The fourth-order valence-corrected chi connectivity index (χ4v) is 10.7. The van der Waals surface area contributed by atoms with Gasteiger partial charge in [0, 0.05) is 149 Å². The van der Waals surface area contributed by atoms with E-state index in [4.69, 9.17) is 0 Å². The van der Waals surface area contributed by atoms with Gasteiger partial charge in [-0.25, -0.2) is 0 Å². The molecule has 0 radical (unpaired) electrons. The number of Topliss-reactive ketones (excluding diaryl/α,β-unsaturated/α-hetero) is 2. The molecule has 4 heterocycles. The standard InChI is InChI=1S/C63H64N6O3/c1-45-13-9-11-19-53(45)59-55(41-68(39-37-66-33-29-64-30-34-66)43-57(59)62(71)49-15-5-3-6-16-49)47-21-25-51(26-22-47)61(70)52-27-23-48(24-28-52)56-42-69(40-38-67-35-31-65-32-36-67)44-58(63(72)50-17-7-4-8-18-50)60(56)54-20-12-10-14-46(54)2/h3-28,41-44,59-60,64-65H,29-40H2,1-2H3. The van der Waals surface area contributed by atoms with Gasteiger partial charge in [0.2, 0.25) is 0 Å². The summed E-state index contributed by atoms with van der Waals surface area (Å²) < 4.78 is 0. The highest BCUT2D eigenvalue weighted by atomic mass is 16.1. The van der Waals surface area contributed by atoms with Crippen molar-refractivity contribution in [1.29, 1.82) is 0 Å². The normalized spacial score (nSPS) is 18.7. The van der Waals surface area contributed by atoms with E-state index in [1.54, 1.807) is 0 Å². The van der Waals surface area contributed by atoms with Crippen molar-refractivity contribution < 1.29 is 14.4 Å². The minimum absolute atomic E-state index is 0.00375. The fourth-order valence-electron chi connectivity index (χ4n) is 10.7. The van der Waals surface area contributed by atoms with Gasteiger partial charge in [0.25, 0.3) is 0 Å². The topological polar surface area (TPSA) is 88.2 Å². The highest BCUT2D eigenvalue weighted by Crippen LogP contribution is 2.45. The molecule has 2 saturated heterocycles. The molecular weight excluding hydrogens is 889 g/mol. The van der Waals surface area contributed by atoms with Crippen molar-refractivity contribution in [2.24, 2.45) is 0 Å². The van der Waals surface area contributed by atoms with Crippen LogP contribution in [-0.2, 0) is 0 Å². The number of aryl methyl sites for hydroxylation is 2. The molecule has 4 aliphatic rings. The van der Waals surface area contributed by atoms with Gasteiger partial charge in [-0.3, -0.25) is 24.2 Å². The molecule has 0 amide bonds. The summed E-state index contributed by atoms with van der Waals surface area (Å²) in [6.45, 7) is 15.3. The highest BCUT2D eigenvalue weighted by Gasteiger charge is 2.35. The van der Waals surface area contributed by atoms with Gasteiger partial charge in [-0.05, 0) is 58.4 Å². The van der Waals surface area contributed by atoms with Gasteiger partial charge in [-0.1, -0.05) is 158 Å². The summed E-state index contributed by atoms with van der Waals surface area (Å²) in [6, 6.07) is 51.6. The summed E-state index contributed by atoms with van der Waals surface area (Å²) in [6.07, 6.45) is 8.55. The molecule has 0 saturated carbocycles. The summed E-state index contributed by atoms with van der Waals surface area (Å²) in [7, 11) is 0. The van der Waals surface area contributed by atoms with Crippen LogP contribution in [0.4, 0.5) is 0 Å². The van der Waals surface area contributed by atoms with E-state index in [0.717, 1.165) is 134 Å². The number of allylic oxidation sites excluding steroid dienone is 4. The number of nitrogens with one attached hydrogen (secondary N) is 2. The molecule has 4 aliphatic heterocycles. The third-order valence-corrected chi connectivity index (χ3v) is 14.8. The summed E-state index contributed by atoms with van der Waals surface area (Å²) in [5.74, 6) is -0.716. The Bertz CT molecular complexity index is 2810. The van der Waals surface area contributed by atoms with Gasteiger partial charge < -0.3 is 20.4 Å². The Morgan fingerprint density at radius 3 is 1.12 bits per heavy atom. The summed E-state index contributed by atoms with van der Waals surface area (Å²) in [5, 5.41) is 6.91. The third-order valence-electron chi connectivity index (χ3n) is 14.8. The minimum Gasteiger partial charge on any atom is -0.352 e. The molecule has 0 aromatic heterocycles. The first-order chi connectivity index (χ1) is 35.3. The second-order valence-electron chi connectivity index (χ2n) is 19.5. The Balaban J connectivity index is 0.963. The van der Waals surface area contributed by atoms with Gasteiger partial charge in [0.15, 0.2) is 17.3 Å². The van der Waals surface area contributed by atoms with Gasteiger partial charge in [-0.2, -0.15) is 0 Å². The maximum atomic E-state index is 14.7. The van der Waals surface area contributed by atoms with Crippen molar-refractivity contribution in [3.63, 3.8) is 0 Å². The lowest BCUT2D eigenvalue weighted by Crippen LogP contribution is -2.45. The van der Waals surface area contributed by atoms with E-state index in [1.807, 2.05) is 133 Å². The maximum Gasteiger partial charge on any atom is 0.193 e. The first-order valence-electron chi connectivity index (χ1n) is 25.6. The zero-order valence-corrected chi connectivity index (χ0v) is 41.5. The monoisotopic (exact) mass is 953 g/mol. The number of hydrogen-bond donors (Lipinski definition) is 2. The average Bonchev–Trinajstić information content (AvgIpc) is 3.44. The van der Waals surface area contributed by atoms with Crippen molar-refractivity contribution in [2.75, 3.05) is 78.5 Å². The lowest BCUT2D eigenvalue weighted by molar-refractivity contribution is 0.102. The SMILES string of the molecule is Cc1ccccc1C1C(C(=O)c2ccccc2)=CN(CCN2CCNCC2)C=C1c1ccc(C(=O)c2ccc(C3=CN(CCN4CCNCC4)C=C(C(=O)c4ccccc4)C3c3ccccc3C)cc2)cc1. The highest BCUT2D eigenvalue weighted by molar-refractivity contribution is 6.13. The Morgan fingerprint density at radius 2 is 0.750 bits per heavy atom. The zero-order valence-electron chi connectivity index (χ0n) is 41.5. The molecule has 364 valence electrons. The van der Waals surface area contributed by atoms with Crippen LogP contribution in [0.2, 0.25) is 0 Å². The van der Waals surface area contributed by atoms with Crippen LogP contribution in [0.25, 0.3) is 11.1 Å². The van der Waals surface area contributed by atoms with E-state index in [1.165, 1.54) is 0 Å². The van der Waals surface area contributed by atoms with E-state index in [2.05, 4.69) is 93.1 Å². The molecule has 0 bridgehead atoms. The zero-order chi connectivity index (χ0) is 49.4. The number of carbonyl (C=O) groups excluding carboxylic acids is 3. The van der Waals surface area contributed by atoms with Crippen LogP contribution in [0.5, 0.6) is 0 Å². The smallest absolute Gasteiger partial charge is 0.193 e. The number of piperazine rings is 2. The maximum absolute atomic E-state index is 14.7. The number of benzene rings is 6. The van der Waals surface area contributed by atoms with E-state index in [0.29, 0.717) is 22.3 Å². The summed E-state index contributed by atoms with van der Waals surface area (Å²) in [5.41, 5.74) is 12.2. The second-order valence-corrected chi connectivity index (χ2v) is 19.5. The first-order valence-corrected chi connectivity index (χ1v) is 25.6. The molecule has 2 N–H and O–H groups in total. The second kappa shape index (κ2) is 22.4. The third kappa shape index (κ3) is 10.8. The predicted octanol–water partition coefficient (Wildman–Crippen LogP) is 9.76. The molecule has 0 aliphatic carbocycles. The molecule has 2 atom stereocenters. The van der Waals surface area contributed by atoms with E-state index >= 15 is 0 Å². The van der Waals surface area contributed by atoms with Gasteiger partial charge >= 0.3 is 0 Å². The molecule has 0 spiro atoms. The van der Waals surface area contributed by atoms with Crippen molar-refractivity contribution >= 4 is 28.5 Å². The first kappa shape index (κ1) is 48.4. The van der Waals surface area contributed by atoms with Crippen molar-refractivity contribution in [3.05, 3.63) is 249 Å². The van der Waals surface area contributed by atoms with Gasteiger partial charge in [-0.15, -0.1) is 0 Å². The van der Waals surface area contributed by atoms with Crippen LogP contribution in [0.3, 0.4) is 0 Å². The van der Waals surface area contributed by atoms with E-state index in [-0.39, 0.29) is 29.2 Å². The Hall–Kier alpha value is -7.27. The Labute approximate surface area is 424 Å². The molecule has 10 rings (SSSR count). The van der Waals surface area contributed by atoms with E-state index in [9.17, 15) is 14.4 Å². The molecular formula is C63H64N6O3. The van der Waals surface area contributed by atoms with Crippen molar-refractivity contribution in [3.8, 4) is 0 Å². The quantitative estimate of drug-likeness (QED) is 0.0922. The number of rotatable bonds is 16. The Kier molecular flexibility index (Phi) is 15.1. The number of ketones is 3. The van der Waals surface area contributed by atoms with E-state index < -0.39 is 0 Å². The van der Waals surface area contributed by atoms with Gasteiger partial charge in [0.05, 0.1) is 0 Å². The van der Waals surface area contributed by atoms with Crippen molar-refractivity contribution in [2.45, 2.75) is 25.7 Å². The molecule has 6 aromatic carbocycles. The number of nitrogens with zero attached hydrogens (tertiary/aromatic N) is 4. The lowest BCUT2D eigenvalue weighted by Gasteiger charge is -2.35. The molecule has 9 nitrogen and oxygen atoms in total. The predicted molar refractivity (Wildman–Crippen MR) is 290 cm³/mol. The van der Waals surface area contributed by atoms with Gasteiger partial charge in [0.1, 0.15) is 0 Å². The lowest BCUT2D eigenvalue weighted by atomic mass is 9.76. The van der Waals surface area contributed by atoms with Crippen molar-refractivity contribution in [1.82, 2.24) is 30.2 Å². The minimum atomic E-state index is -0.322. The summed E-state index contributed by atoms with van der Waals surface area (Å²) >= 11 is 0. The number of hydrogen-bond acceptors (Lipinski definition) is 9. The molecule has 9 heteroatoms. The van der Waals surface area contributed by atoms with Crippen LogP contribution < -0.4 is 10.6 Å². The number of carbonyl (C=O) groups is 3. The van der Waals surface area contributed by atoms with Crippen LogP contribution in [0.15, 0.2) is 194 Å². The average molecular weight is 953 g/mol.